The highest BCUT2D eigenvalue weighted by Crippen LogP contribution is 2.19. The van der Waals surface area contributed by atoms with Crippen LogP contribution < -0.4 is 10.6 Å². The van der Waals surface area contributed by atoms with Gasteiger partial charge in [-0.15, -0.1) is 0 Å². The van der Waals surface area contributed by atoms with E-state index in [1.807, 2.05) is 30.3 Å². The third kappa shape index (κ3) is 8.12. The number of benzene rings is 1. The van der Waals surface area contributed by atoms with E-state index in [0.717, 1.165) is 25.5 Å². The van der Waals surface area contributed by atoms with E-state index in [9.17, 15) is 8.78 Å². The van der Waals surface area contributed by atoms with E-state index in [-0.39, 0.29) is 12.5 Å². The van der Waals surface area contributed by atoms with Gasteiger partial charge in [-0.05, 0) is 31.5 Å². The molecule has 1 rings (SSSR count). The van der Waals surface area contributed by atoms with Gasteiger partial charge in [-0.2, -0.15) is 0 Å². The number of nitrogens with one attached hydrogen (secondary N) is 2. The summed E-state index contributed by atoms with van der Waals surface area (Å²) in [6.07, 6.45) is 2.84. The van der Waals surface area contributed by atoms with Gasteiger partial charge in [0.1, 0.15) is 0 Å². The zero-order chi connectivity index (χ0) is 15.7. The second-order valence-corrected chi connectivity index (χ2v) is 5.32. The molecule has 0 aliphatic heterocycles. The van der Waals surface area contributed by atoms with Crippen LogP contribution in [0.3, 0.4) is 0 Å². The van der Waals surface area contributed by atoms with Crippen LogP contribution in [-0.2, 0) is 6.42 Å². The highest BCUT2D eigenvalue weighted by molar-refractivity contribution is 5.16. The maximum Gasteiger partial charge on any atom is 0.247 e. The molecule has 1 unspecified atom stereocenters. The number of halogens is 2. The van der Waals surface area contributed by atoms with Crippen LogP contribution in [0.4, 0.5) is 8.78 Å². The molecule has 0 radical (unpaired) electrons. The van der Waals surface area contributed by atoms with Crippen molar-refractivity contribution >= 4 is 0 Å². The molecule has 2 nitrogen and oxygen atoms in total. The SMILES string of the molecule is C=CNCC(CC(C)(F)F)NC(=C)CCc1ccccc1. The van der Waals surface area contributed by atoms with E-state index in [1.54, 1.807) is 0 Å². The molecule has 0 aromatic heterocycles. The Kier molecular flexibility index (Phi) is 6.92. The largest absolute Gasteiger partial charge is 0.389 e. The Morgan fingerprint density at radius 3 is 2.57 bits per heavy atom. The van der Waals surface area contributed by atoms with E-state index in [4.69, 9.17) is 0 Å². The molecule has 0 aliphatic rings. The van der Waals surface area contributed by atoms with Gasteiger partial charge in [0.15, 0.2) is 0 Å². The quantitative estimate of drug-likeness (QED) is 0.684. The monoisotopic (exact) mass is 294 g/mol. The van der Waals surface area contributed by atoms with Crippen LogP contribution >= 0.6 is 0 Å². The van der Waals surface area contributed by atoms with Crippen molar-refractivity contribution in [3.63, 3.8) is 0 Å². The molecule has 0 amide bonds. The first-order chi connectivity index (χ1) is 9.90. The van der Waals surface area contributed by atoms with Gasteiger partial charge in [-0.3, -0.25) is 0 Å². The third-order valence-electron chi connectivity index (χ3n) is 3.08. The molecule has 0 spiro atoms. The maximum absolute atomic E-state index is 13.2. The fourth-order valence-corrected chi connectivity index (χ4v) is 2.13. The van der Waals surface area contributed by atoms with Gasteiger partial charge in [0.2, 0.25) is 5.92 Å². The van der Waals surface area contributed by atoms with E-state index in [2.05, 4.69) is 23.8 Å². The number of alkyl halides is 2. The normalized spacial score (nSPS) is 12.5. The Hall–Kier alpha value is -1.84. The summed E-state index contributed by atoms with van der Waals surface area (Å²) in [4.78, 5) is 0. The molecule has 0 fully saturated rings. The third-order valence-corrected chi connectivity index (χ3v) is 3.08. The summed E-state index contributed by atoms with van der Waals surface area (Å²) in [6, 6.07) is 9.66. The van der Waals surface area contributed by atoms with E-state index in [1.165, 1.54) is 11.8 Å². The van der Waals surface area contributed by atoms with Gasteiger partial charge < -0.3 is 10.6 Å². The van der Waals surface area contributed by atoms with Gasteiger partial charge in [-0.25, -0.2) is 8.78 Å². The maximum atomic E-state index is 13.2. The molecule has 116 valence electrons. The fraction of sp³-hybridized carbons (Fsp3) is 0.412. The topological polar surface area (TPSA) is 24.1 Å². The molecule has 2 N–H and O–H groups in total. The van der Waals surface area contributed by atoms with E-state index < -0.39 is 5.92 Å². The van der Waals surface area contributed by atoms with Crippen LogP contribution in [0.1, 0.15) is 25.3 Å². The summed E-state index contributed by atoms with van der Waals surface area (Å²) in [5.74, 6) is -2.71. The van der Waals surface area contributed by atoms with Gasteiger partial charge in [0, 0.05) is 24.7 Å². The van der Waals surface area contributed by atoms with Crippen molar-refractivity contribution in [2.45, 2.75) is 38.2 Å². The zero-order valence-electron chi connectivity index (χ0n) is 12.5. The molecule has 1 atom stereocenters. The first kappa shape index (κ1) is 17.2. The van der Waals surface area contributed by atoms with E-state index >= 15 is 0 Å². The molecular weight excluding hydrogens is 270 g/mol. The van der Waals surface area contributed by atoms with Crippen LogP contribution in [0.15, 0.2) is 55.4 Å². The summed E-state index contributed by atoms with van der Waals surface area (Å²) in [7, 11) is 0. The van der Waals surface area contributed by atoms with Crippen molar-refractivity contribution in [1.82, 2.24) is 10.6 Å². The second kappa shape index (κ2) is 8.45. The Morgan fingerprint density at radius 1 is 1.33 bits per heavy atom. The lowest BCUT2D eigenvalue weighted by molar-refractivity contribution is 0.00395. The van der Waals surface area contributed by atoms with Gasteiger partial charge >= 0.3 is 0 Å². The number of hydrogen-bond donors (Lipinski definition) is 2. The average Bonchev–Trinajstić information content (AvgIpc) is 2.42. The molecule has 0 heterocycles. The summed E-state index contributed by atoms with van der Waals surface area (Å²) in [6.45, 7) is 8.81. The minimum Gasteiger partial charge on any atom is -0.389 e. The van der Waals surface area contributed by atoms with Gasteiger partial charge in [0.05, 0.1) is 0 Å². The fourth-order valence-electron chi connectivity index (χ4n) is 2.13. The molecular formula is C17H24F2N2. The highest BCUT2D eigenvalue weighted by Gasteiger charge is 2.26. The number of aryl methyl sites for hydroxylation is 1. The van der Waals surface area contributed by atoms with Gasteiger partial charge in [0.25, 0.3) is 0 Å². The lowest BCUT2D eigenvalue weighted by atomic mass is 10.1. The minimum absolute atomic E-state index is 0.238. The lowest BCUT2D eigenvalue weighted by Gasteiger charge is -2.24. The first-order valence-corrected chi connectivity index (χ1v) is 7.11. The van der Waals surface area contributed by atoms with Crippen molar-refractivity contribution in [2.75, 3.05) is 6.54 Å². The summed E-state index contributed by atoms with van der Waals surface area (Å²) in [5.41, 5.74) is 1.99. The summed E-state index contributed by atoms with van der Waals surface area (Å²) >= 11 is 0. The lowest BCUT2D eigenvalue weighted by Crippen LogP contribution is -2.40. The van der Waals surface area contributed by atoms with Crippen LogP contribution in [0, 0.1) is 0 Å². The minimum atomic E-state index is -2.71. The number of rotatable bonds is 10. The van der Waals surface area contributed by atoms with Crippen molar-refractivity contribution in [2.24, 2.45) is 0 Å². The van der Waals surface area contributed by atoms with Crippen LogP contribution in [-0.4, -0.2) is 18.5 Å². The highest BCUT2D eigenvalue weighted by atomic mass is 19.3. The second-order valence-electron chi connectivity index (χ2n) is 5.32. The van der Waals surface area contributed by atoms with Crippen molar-refractivity contribution in [3.8, 4) is 0 Å². The summed E-state index contributed by atoms with van der Waals surface area (Å²) in [5, 5.41) is 5.97. The van der Waals surface area contributed by atoms with Crippen molar-refractivity contribution in [3.05, 3.63) is 61.0 Å². The standard InChI is InChI=1S/C17H24F2N2/c1-4-20-13-16(12-17(3,18)19)21-14(2)10-11-15-8-6-5-7-9-15/h4-9,16,20-21H,1-2,10-13H2,3H3. The molecule has 0 saturated heterocycles. The van der Waals surface area contributed by atoms with Gasteiger partial charge in [-0.1, -0.05) is 43.5 Å². The van der Waals surface area contributed by atoms with Crippen LogP contribution in [0.2, 0.25) is 0 Å². The molecule has 0 bridgehead atoms. The smallest absolute Gasteiger partial charge is 0.247 e. The molecule has 21 heavy (non-hydrogen) atoms. The molecule has 4 heteroatoms. The zero-order valence-corrected chi connectivity index (χ0v) is 12.5. The Morgan fingerprint density at radius 2 is 2.00 bits per heavy atom. The Balaban J connectivity index is 2.45. The average molecular weight is 294 g/mol. The van der Waals surface area contributed by atoms with Crippen molar-refractivity contribution in [1.29, 1.82) is 0 Å². The molecule has 1 aromatic rings. The number of allylic oxidation sites excluding steroid dienone is 1. The molecule has 0 saturated carbocycles. The first-order valence-electron chi connectivity index (χ1n) is 7.11. The van der Waals surface area contributed by atoms with Crippen LogP contribution in [0.5, 0.6) is 0 Å². The Labute approximate surface area is 125 Å². The molecule has 0 aliphatic carbocycles. The van der Waals surface area contributed by atoms with E-state index in [0.29, 0.717) is 6.54 Å². The Bertz CT molecular complexity index is 438. The van der Waals surface area contributed by atoms with Crippen LogP contribution in [0.25, 0.3) is 0 Å². The van der Waals surface area contributed by atoms with Crippen molar-refractivity contribution < 1.29 is 8.78 Å². The number of hydrogen-bond acceptors (Lipinski definition) is 2. The molecule has 1 aromatic carbocycles. The predicted octanol–water partition coefficient (Wildman–Crippen LogP) is 3.87. The summed E-state index contributed by atoms with van der Waals surface area (Å²) < 4.78 is 26.4. The predicted molar refractivity (Wildman–Crippen MR) is 84.3 cm³/mol.